The van der Waals surface area contributed by atoms with Gasteiger partial charge in [0.25, 0.3) is 0 Å². The highest BCUT2D eigenvalue weighted by molar-refractivity contribution is 5.70. The zero-order valence-corrected chi connectivity index (χ0v) is 10.5. The van der Waals surface area contributed by atoms with Gasteiger partial charge in [-0.1, -0.05) is 19.9 Å². The van der Waals surface area contributed by atoms with Crippen LogP contribution in [-0.4, -0.2) is 11.1 Å². The van der Waals surface area contributed by atoms with Crippen LogP contribution in [0, 0.1) is 24.6 Å². The molecule has 2 nitrogen and oxygen atoms in total. The van der Waals surface area contributed by atoms with E-state index in [9.17, 15) is 9.18 Å². The highest BCUT2D eigenvalue weighted by Gasteiger charge is 2.20. The summed E-state index contributed by atoms with van der Waals surface area (Å²) in [5.41, 5.74) is 1.74. The molecule has 0 bridgehead atoms. The van der Waals surface area contributed by atoms with Gasteiger partial charge in [-0.2, -0.15) is 0 Å². The molecule has 0 aliphatic carbocycles. The van der Waals surface area contributed by atoms with Gasteiger partial charge in [-0.3, -0.25) is 4.79 Å². The van der Waals surface area contributed by atoms with Crippen molar-refractivity contribution in [3.8, 4) is 0 Å². The highest BCUT2D eigenvalue weighted by atomic mass is 19.1. The molecule has 0 radical (unpaired) electrons. The van der Waals surface area contributed by atoms with Gasteiger partial charge in [0, 0.05) is 0 Å². The number of halogens is 1. The monoisotopic (exact) mass is 238 g/mol. The molecule has 1 N–H and O–H groups in total. The third-order valence-electron chi connectivity index (χ3n) is 2.88. The molecular formula is C14H19FO2. The topological polar surface area (TPSA) is 37.3 Å². The second-order valence-electron chi connectivity index (χ2n) is 4.94. The third kappa shape index (κ3) is 4.17. The maximum atomic E-state index is 13.1. The predicted molar refractivity (Wildman–Crippen MR) is 65.4 cm³/mol. The Morgan fingerprint density at radius 3 is 2.59 bits per heavy atom. The van der Waals surface area contributed by atoms with Crippen LogP contribution in [0.25, 0.3) is 0 Å². The summed E-state index contributed by atoms with van der Waals surface area (Å²) in [7, 11) is 0. The van der Waals surface area contributed by atoms with Gasteiger partial charge in [0.2, 0.25) is 0 Å². The van der Waals surface area contributed by atoms with Crippen molar-refractivity contribution >= 4 is 5.97 Å². The Bertz CT molecular complexity index is 399. The molecule has 0 aliphatic rings. The average molecular weight is 238 g/mol. The van der Waals surface area contributed by atoms with Crippen molar-refractivity contribution in [1.29, 1.82) is 0 Å². The summed E-state index contributed by atoms with van der Waals surface area (Å²) < 4.78 is 13.1. The van der Waals surface area contributed by atoms with Gasteiger partial charge < -0.3 is 5.11 Å². The summed E-state index contributed by atoms with van der Waals surface area (Å²) in [5.74, 6) is -1.22. The Balaban J connectivity index is 2.85. The molecule has 0 amide bonds. The third-order valence-corrected chi connectivity index (χ3v) is 2.88. The Kier molecular flexibility index (Phi) is 4.67. The van der Waals surface area contributed by atoms with Crippen LogP contribution in [0.1, 0.15) is 31.4 Å². The number of carboxylic acids is 1. The fraction of sp³-hybridized carbons (Fsp3) is 0.500. The molecule has 0 fully saturated rings. The molecule has 1 unspecified atom stereocenters. The summed E-state index contributed by atoms with van der Waals surface area (Å²) in [4.78, 5) is 11.1. The Morgan fingerprint density at radius 1 is 1.41 bits per heavy atom. The number of hydrogen-bond acceptors (Lipinski definition) is 1. The lowest BCUT2D eigenvalue weighted by Crippen LogP contribution is -2.19. The zero-order valence-electron chi connectivity index (χ0n) is 10.5. The molecular weight excluding hydrogens is 219 g/mol. The van der Waals surface area contributed by atoms with Crippen molar-refractivity contribution in [3.05, 3.63) is 35.1 Å². The predicted octanol–water partition coefficient (Wildman–Crippen LogP) is 3.42. The highest BCUT2D eigenvalue weighted by Crippen LogP contribution is 2.20. The van der Waals surface area contributed by atoms with Crippen LogP contribution in [0.2, 0.25) is 0 Å². The van der Waals surface area contributed by atoms with Crippen LogP contribution in [0.15, 0.2) is 18.2 Å². The van der Waals surface area contributed by atoms with Crippen LogP contribution in [0.5, 0.6) is 0 Å². The van der Waals surface area contributed by atoms with Crippen LogP contribution in [0.4, 0.5) is 4.39 Å². The fourth-order valence-electron chi connectivity index (χ4n) is 1.97. The lowest BCUT2D eigenvalue weighted by atomic mass is 9.89. The van der Waals surface area contributed by atoms with E-state index in [0.717, 1.165) is 11.1 Å². The van der Waals surface area contributed by atoms with Crippen molar-refractivity contribution in [3.63, 3.8) is 0 Å². The zero-order chi connectivity index (χ0) is 13.0. The van der Waals surface area contributed by atoms with Gasteiger partial charge in [0.05, 0.1) is 5.92 Å². The SMILES string of the molecule is Cc1ccc(F)cc1CC(CC(C)C)C(=O)O. The standard InChI is InChI=1S/C14H19FO2/c1-9(2)6-12(14(16)17)7-11-8-13(15)5-4-10(11)3/h4-5,8-9,12H,6-7H2,1-3H3,(H,16,17). The van der Waals surface area contributed by atoms with E-state index in [2.05, 4.69) is 0 Å². The second kappa shape index (κ2) is 5.80. The minimum Gasteiger partial charge on any atom is -0.481 e. The first-order valence-electron chi connectivity index (χ1n) is 5.88. The molecule has 94 valence electrons. The van der Waals surface area contributed by atoms with E-state index in [4.69, 9.17) is 5.11 Å². The maximum absolute atomic E-state index is 13.1. The first-order chi connectivity index (χ1) is 7.90. The van der Waals surface area contributed by atoms with E-state index in [0.29, 0.717) is 18.8 Å². The van der Waals surface area contributed by atoms with E-state index in [1.165, 1.54) is 12.1 Å². The molecule has 0 spiro atoms. The Hall–Kier alpha value is -1.38. The fourth-order valence-corrected chi connectivity index (χ4v) is 1.97. The summed E-state index contributed by atoms with van der Waals surface area (Å²) in [6.07, 6.45) is 1.02. The first-order valence-corrected chi connectivity index (χ1v) is 5.88. The number of carboxylic acid groups (broad SMARTS) is 1. The molecule has 0 aromatic heterocycles. The summed E-state index contributed by atoms with van der Waals surface area (Å²) in [5, 5.41) is 9.15. The maximum Gasteiger partial charge on any atom is 0.306 e. The first kappa shape index (κ1) is 13.7. The molecule has 1 aromatic rings. The van der Waals surface area contributed by atoms with Gasteiger partial charge in [-0.25, -0.2) is 4.39 Å². The van der Waals surface area contributed by atoms with Crippen LogP contribution in [0.3, 0.4) is 0 Å². The van der Waals surface area contributed by atoms with Crippen molar-refractivity contribution in [2.24, 2.45) is 11.8 Å². The normalized spacial score (nSPS) is 12.8. The van der Waals surface area contributed by atoms with Gasteiger partial charge in [-0.05, 0) is 48.9 Å². The van der Waals surface area contributed by atoms with Gasteiger partial charge >= 0.3 is 5.97 Å². The molecule has 1 rings (SSSR count). The summed E-state index contributed by atoms with van der Waals surface area (Å²) >= 11 is 0. The van der Waals surface area contributed by atoms with E-state index in [1.54, 1.807) is 6.07 Å². The summed E-state index contributed by atoms with van der Waals surface area (Å²) in [6, 6.07) is 4.53. The van der Waals surface area contributed by atoms with E-state index < -0.39 is 11.9 Å². The number of rotatable bonds is 5. The van der Waals surface area contributed by atoms with E-state index >= 15 is 0 Å². The lowest BCUT2D eigenvalue weighted by Gasteiger charge is -2.16. The largest absolute Gasteiger partial charge is 0.481 e. The van der Waals surface area contributed by atoms with Gasteiger partial charge in [-0.15, -0.1) is 0 Å². The minimum atomic E-state index is -0.803. The van der Waals surface area contributed by atoms with Crippen molar-refractivity contribution < 1.29 is 14.3 Å². The van der Waals surface area contributed by atoms with Crippen LogP contribution in [-0.2, 0) is 11.2 Å². The molecule has 0 saturated heterocycles. The molecule has 17 heavy (non-hydrogen) atoms. The van der Waals surface area contributed by atoms with Crippen molar-refractivity contribution in [2.75, 3.05) is 0 Å². The van der Waals surface area contributed by atoms with E-state index in [1.807, 2.05) is 20.8 Å². The molecule has 0 aliphatic heterocycles. The second-order valence-corrected chi connectivity index (χ2v) is 4.94. The minimum absolute atomic E-state index is 0.306. The molecule has 3 heteroatoms. The van der Waals surface area contributed by atoms with Crippen molar-refractivity contribution in [1.82, 2.24) is 0 Å². The number of aryl methyl sites for hydroxylation is 1. The lowest BCUT2D eigenvalue weighted by molar-refractivity contribution is -0.142. The van der Waals surface area contributed by atoms with Crippen LogP contribution >= 0.6 is 0 Å². The van der Waals surface area contributed by atoms with E-state index in [-0.39, 0.29) is 5.82 Å². The summed E-state index contributed by atoms with van der Waals surface area (Å²) in [6.45, 7) is 5.87. The number of carbonyl (C=O) groups is 1. The smallest absolute Gasteiger partial charge is 0.306 e. The molecule has 0 saturated carbocycles. The molecule has 1 atom stereocenters. The average Bonchev–Trinajstić information content (AvgIpc) is 2.21. The number of hydrogen-bond donors (Lipinski definition) is 1. The quantitative estimate of drug-likeness (QED) is 0.853. The van der Waals surface area contributed by atoms with Crippen LogP contribution < -0.4 is 0 Å². The molecule has 1 aromatic carbocycles. The van der Waals surface area contributed by atoms with Gasteiger partial charge in [0.15, 0.2) is 0 Å². The van der Waals surface area contributed by atoms with Gasteiger partial charge in [0.1, 0.15) is 5.82 Å². The number of benzene rings is 1. The number of aliphatic carboxylic acids is 1. The Labute approximate surface area is 101 Å². The van der Waals surface area contributed by atoms with Crippen molar-refractivity contribution in [2.45, 2.75) is 33.6 Å². The Morgan fingerprint density at radius 2 is 2.06 bits per heavy atom. The molecule has 0 heterocycles.